The van der Waals surface area contributed by atoms with Gasteiger partial charge in [0.15, 0.2) is 0 Å². The molecule has 134 valence electrons. The number of aryl methyl sites for hydroxylation is 2. The predicted molar refractivity (Wildman–Crippen MR) is 108 cm³/mol. The SMILES string of the molecule is CC[C@@H](C)Nc1nc(Nc2c(C)cccc2C)cc(-c2cccnc2)n1. The number of aromatic nitrogens is 3. The molecule has 1 atom stereocenters. The lowest BCUT2D eigenvalue weighted by molar-refractivity contribution is 0.753. The number of anilines is 3. The van der Waals surface area contributed by atoms with Gasteiger partial charge < -0.3 is 10.6 Å². The van der Waals surface area contributed by atoms with Crippen LogP contribution in [0.1, 0.15) is 31.4 Å². The molecule has 2 heterocycles. The van der Waals surface area contributed by atoms with Crippen molar-refractivity contribution in [2.45, 2.75) is 40.2 Å². The zero-order valence-corrected chi connectivity index (χ0v) is 15.7. The molecule has 0 unspecified atom stereocenters. The molecule has 3 aromatic rings. The number of pyridine rings is 1. The van der Waals surface area contributed by atoms with Gasteiger partial charge in [0.25, 0.3) is 0 Å². The Balaban J connectivity index is 2.02. The number of nitrogens with one attached hydrogen (secondary N) is 2. The van der Waals surface area contributed by atoms with Crippen LogP contribution >= 0.6 is 0 Å². The highest BCUT2D eigenvalue weighted by Gasteiger charge is 2.11. The van der Waals surface area contributed by atoms with Crippen LogP contribution in [0.2, 0.25) is 0 Å². The molecule has 0 spiro atoms. The van der Waals surface area contributed by atoms with E-state index in [4.69, 9.17) is 0 Å². The lowest BCUT2D eigenvalue weighted by Gasteiger charge is -2.16. The van der Waals surface area contributed by atoms with E-state index in [-0.39, 0.29) is 0 Å². The van der Waals surface area contributed by atoms with Gasteiger partial charge in [-0.3, -0.25) is 4.98 Å². The summed E-state index contributed by atoms with van der Waals surface area (Å²) in [4.78, 5) is 13.6. The highest BCUT2D eigenvalue weighted by atomic mass is 15.2. The fourth-order valence-corrected chi connectivity index (χ4v) is 2.70. The molecule has 0 fully saturated rings. The van der Waals surface area contributed by atoms with Gasteiger partial charge >= 0.3 is 0 Å². The average Bonchev–Trinajstić information content (AvgIpc) is 2.65. The van der Waals surface area contributed by atoms with E-state index in [2.05, 4.69) is 71.5 Å². The Kier molecular flexibility index (Phi) is 5.46. The molecule has 5 heteroatoms. The van der Waals surface area contributed by atoms with Crippen molar-refractivity contribution < 1.29 is 0 Å². The Morgan fingerprint density at radius 1 is 1.04 bits per heavy atom. The van der Waals surface area contributed by atoms with Gasteiger partial charge in [0.05, 0.1) is 5.69 Å². The molecule has 0 amide bonds. The van der Waals surface area contributed by atoms with Crippen molar-refractivity contribution in [2.75, 3.05) is 10.6 Å². The minimum Gasteiger partial charge on any atom is -0.352 e. The van der Waals surface area contributed by atoms with Crippen LogP contribution in [0.4, 0.5) is 17.5 Å². The average molecular weight is 347 g/mol. The first kappa shape index (κ1) is 17.9. The van der Waals surface area contributed by atoms with Gasteiger partial charge in [-0.2, -0.15) is 4.98 Å². The van der Waals surface area contributed by atoms with Crippen LogP contribution in [0, 0.1) is 13.8 Å². The van der Waals surface area contributed by atoms with Crippen molar-refractivity contribution in [1.82, 2.24) is 15.0 Å². The lowest BCUT2D eigenvalue weighted by Crippen LogP contribution is -2.16. The van der Waals surface area contributed by atoms with Crippen molar-refractivity contribution in [3.63, 3.8) is 0 Å². The molecular weight excluding hydrogens is 322 g/mol. The van der Waals surface area contributed by atoms with Gasteiger partial charge in [0.1, 0.15) is 5.82 Å². The summed E-state index contributed by atoms with van der Waals surface area (Å²) in [6, 6.07) is 12.4. The second kappa shape index (κ2) is 7.95. The molecule has 1 aromatic carbocycles. The first-order valence-electron chi connectivity index (χ1n) is 8.96. The summed E-state index contributed by atoms with van der Waals surface area (Å²) in [5, 5.41) is 6.85. The Bertz CT molecular complexity index is 857. The minimum absolute atomic E-state index is 0.298. The third-order valence-electron chi connectivity index (χ3n) is 4.41. The Morgan fingerprint density at radius 2 is 1.81 bits per heavy atom. The van der Waals surface area contributed by atoms with Gasteiger partial charge in [-0.1, -0.05) is 25.1 Å². The maximum Gasteiger partial charge on any atom is 0.225 e. The summed E-state index contributed by atoms with van der Waals surface area (Å²) in [7, 11) is 0. The molecule has 0 bridgehead atoms. The Labute approximate surface area is 154 Å². The van der Waals surface area contributed by atoms with Gasteiger partial charge in [0.2, 0.25) is 5.95 Å². The Morgan fingerprint density at radius 3 is 2.46 bits per heavy atom. The molecule has 0 saturated carbocycles. The first-order valence-corrected chi connectivity index (χ1v) is 8.96. The van der Waals surface area contributed by atoms with Gasteiger partial charge in [-0.15, -0.1) is 0 Å². The summed E-state index contributed by atoms with van der Waals surface area (Å²) in [6.07, 6.45) is 4.58. The minimum atomic E-state index is 0.298. The largest absolute Gasteiger partial charge is 0.352 e. The van der Waals surface area contributed by atoms with E-state index in [1.165, 1.54) is 11.1 Å². The summed E-state index contributed by atoms with van der Waals surface area (Å²) < 4.78 is 0. The molecule has 5 nitrogen and oxygen atoms in total. The molecule has 0 aliphatic carbocycles. The highest BCUT2D eigenvalue weighted by Crippen LogP contribution is 2.27. The number of hydrogen-bond acceptors (Lipinski definition) is 5. The number of hydrogen-bond donors (Lipinski definition) is 2. The van der Waals surface area contributed by atoms with Crippen LogP contribution in [0.5, 0.6) is 0 Å². The van der Waals surface area contributed by atoms with Crippen LogP contribution in [0.15, 0.2) is 48.8 Å². The quantitative estimate of drug-likeness (QED) is 0.649. The maximum atomic E-state index is 4.68. The standard InChI is InChI=1S/C21H25N5/c1-5-16(4)23-21-24-18(17-10-7-11-22-13-17)12-19(26-21)25-20-14(2)8-6-9-15(20)3/h6-13,16H,5H2,1-4H3,(H2,23,24,25,26)/t16-/m1/s1. The zero-order chi connectivity index (χ0) is 18.5. The van der Waals surface area contributed by atoms with Crippen molar-refractivity contribution in [3.8, 4) is 11.3 Å². The third kappa shape index (κ3) is 4.17. The fraction of sp³-hybridized carbons (Fsp3) is 0.286. The van der Waals surface area contributed by atoms with E-state index in [0.717, 1.165) is 29.2 Å². The van der Waals surface area contributed by atoms with Gasteiger partial charge in [-0.25, -0.2) is 4.98 Å². The molecular formula is C21H25N5. The molecule has 0 radical (unpaired) electrons. The van der Waals surface area contributed by atoms with Crippen LogP contribution in [0.25, 0.3) is 11.3 Å². The lowest BCUT2D eigenvalue weighted by atomic mass is 10.1. The zero-order valence-electron chi connectivity index (χ0n) is 15.7. The molecule has 2 aromatic heterocycles. The first-order chi connectivity index (χ1) is 12.6. The Hall–Kier alpha value is -2.95. The fourth-order valence-electron chi connectivity index (χ4n) is 2.70. The molecule has 3 rings (SSSR count). The van der Waals surface area contributed by atoms with E-state index in [0.29, 0.717) is 12.0 Å². The summed E-state index contributed by atoms with van der Waals surface area (Å²) in [5.41, 5.74) is 5.25. The van der Waals surface area contributed by atoms with Crippen LogP contribution < -0.4 is 10.6 Å². The van der Waals surface area contributed by atoms with Gasteiger partial charge in [-0.05, 0) is 50.5 Å². The predicted octanol–water partition coefficient (Wildman–Crippen LogP) is 5.11. The van der Waals surface area contributed by atoms with E-state index >= 15 is 0 Å². The second-order valence-electron chi connectivity index (χ2n) is 6.55. The number of benzene rings is 1. The van der Waals surface area contributed by atoms with E-state index < -0.39 is 0 Å². The van der Waals surface area contributed by atoms with E-state index in [1.807, 2.05) is 24.4 Å². The molecule has 0 saturated heterocycles. The maximum absolute atomic E-state index is 4.68. The van der Waals surface area contributed by atoms with Crippen molar-refractivity contribution in [3.05, 3.63) is 59.9 Å². The summed E-state index contributed by atoms with van der Waals surface area (Å²) in [6.45, 7) is 8.45. The van der Waals surface area contributed by atoms with Crippen molar-refractivity contribution >= 4 is 17.5 Å². The topological polar surface area (TPSA) is 62.7 Å². The normalized spacial score (nSPS) is 11.8. The van der Waals surface area contributed by atoms with Gasteiger partial charge in [0, 0.05) is 35.8 Å². The number of nitrogens with zero attached hydrogens (tertiary/aromatic N) is 3. The van der Waals surface area contributed by atoms with E-state index in [1.54, 1.807) is 6.20 Å². The molecule has 2 N–H and O–H groups in total. The molecule has 0 aliphatic rings. The summed E-state index contributed by atoms with van der Waals surface area (Å²) in [5.74, 6) is 1.39. The molecule has 0 aliphatic heterocycles. The summed E-state index contributed by atoms with van der Waals surface area (Å²) >= 11 is 0. The van der Waals surface area contributed by atoms with Crippen LogP contribution in [-0.4, -0.2) is 21.0 Å². The number of rotatable bonds is 6. The van der Waals surface area contributed by atoms with Crippen molar-refractivity contribution in [2.24, 2.45) is 0 Å². The van der Waals surface area contributed by atoms with Crippen LogP contribution in [-0.2, 0) is 0 Å². The second-order valence-corrected chi connectivity index (χ2v) is 6.55. The number of para-hydroxylation sites is 1. The van der Waals surface area contributed by atoms with Crippen LogP contribution in [0.3, 0.4) is 0 Å². The highest BCUT2D eigenvalue weighted by molar-refractivity contribution is 5.69. The van der Waals surface area contributed by atoms with E-state index in [9.17, 15) is 0 Å². The smallest absolute Gasteiger partial charge is 0.225 e. The molecule has 26 heavy (non-hydrogen) atoms. The monoisotopic (exact) mass is 347 g/mol. The van der Waals surface area contributed by atoms with Crippen molar-refractivity contribution in [1.29, 1.82) is 0 Å². The third-order valence-corrected chi connectivity index (χ3v) is 4.41.